The van der Waals surface area contributed by atoms with E-state index in [0.29, 0.717) is 12.8 Å². The minimum Gasteiger partial charge on any atom is -0.481 e. The van der Waals surface area contributed by atoms with Gasteiger partial charge < -0.3 is 5.11 Å². The van der Waals surface area contributed by atoms with Crippen LogP contribution in [-0.4, -0.2) is 31.0 Å². The van der Waals surface area contributed by atoms with Crippen molar-refractivity contribution in [2.24, 2.45) is 5.92 Å². The Hall–Kier alpha value is -0.580. The fourth-order valence-electron chi connectivity index (χ4n) is 2.06. The van der Waals surface area contributed by atoms with Gasteiger partial charge >= 0.3 is 5.97 Å². The lowest BCUT2D eigenvalue weighted by atomic mass is 9.87. The van der Waals surface area contributed by atoms with Crippen LogP contribution in [0.3, 0.4) is 0 Å². The van der Waals surface area contributed by atoms with E-state index in [1.807, 2.05) is 0 Å². The molecule has 0 bridgehead atoms. The van der Waals surface area contributed by atoms with Crippen LogP contribution in [0.15, 0.2) is 0 Å². The molecule has 0 spiro atoms. The number of rotatable bonds is 3. The minimum absolute atomic E-state index is 0.0426. The van der Waals surface area contributed by atoms with E-state index in [-0.39, 0.29) is 17.6 Å². The second-order valence-corrected chi connectivity index (χ2v) is 6.41. The van der Waals surface area contributed by atoms with Crippen molar-refractivity contribution in [2.45, 2.75) is 37.4 Å². The van der Waals surface area contributed by atoms with Gasteiger partial charge in [-0.05, 0) is 25.2 Å². The highest BCUT2D eigenvalue weighted by atomic mass is 32.2. The van der Waals surface area contributed by atoms with Crippen molar-refractivity contribution in [3.63, 3.8) is 0 Å². The van der Waals surface area contributed by atoms with E-state index < -0.39 is 15.8 Å². The van der Waals surface area contributed by atoms with Crippen LogP contribution in [0.5, 0.6) is 0 Å². The zero-order chi connectivity index (χ0) is 10.8. The van der Waals surface area contributed by atoms with Gasteiger partial charge in [-0.25, -0.2) is 8.42 Å². The van der Waals surface area contributed by atoms with E-state index in [0.717, 1.165) is 12.8 Å². The standard InChI is InChI=1S/C9H16O4S/c1-14(12,13)8-4-2-3-7(5-8)6-9(10)11/h7-8H,2-6H2,1H3,(H,10,11)/t7-,8+/m1/s1. The second-order valence-electron chi connectivity index (χ2n) is 4.08. The van der Waals surface area contributed by atoms with Gasteiger partial charge in [0.25, 0.3) is 0 Å². The van der Waals surface area contributed by atoms with Crippen LogP contribution in [0.2, 0.25) is 0 Å². The van der Waals surface area contributed by atoms with Crippen molar-refractivity contribution in [3.05, 3.63) is 0 Å². The van der Waals surface area contributed by atoms with Gasteiger partial charge in [0.1, 0.15) is 9.84 Å². The molecule has 1 N–H and O–H groups in total. The van der Waals surface area contributed by atoms with Crippen LogP contribution >= 0.6 is 0 Å². The van der Waals surface area contributed by atoms with Gasteiger partial charge in [0.15, 0.2) is 0 Å². The Kier molecular flexibility index (Phi) is 3.53. The van der Waals surface area contributed by atoms with Crippen molar-refractivity contribution >= 4 is 15.8 Å². The van der Waals surface area contributed by atoms with Crippen molar-refractivity contribution in [1.29, 1.82) is 0 Å². The molecular formula is C9H16O4S. The highest BCUT2D eigenvalue weighted by molar-refractivity contribution is 7.91. The quantitative estimate of drug-likeness (QED) is 0.772. The monoisotopic (exact) mass is 220 g/mol. The fourth-order valence-corrected chi connectivity index (χ4v) is 3.28. The molecular weight excluding hydrogens is 204 g/mol. The molecule has 4 nitrogen and oxygen atoms in total. The smallest absolute Gasteiger partial charge is 0.303 e. The van der Waals surface area contributed by atoms with E-state index in [4.69, 9.17) is 5.11 Å². The summed E-state index contributed by atoms with van der Waals surface area (Å²) in [6, 6.07) is 0. The normalized spacial score (nSPS) is 28.6. The Morgan fingerprint density at radius 1 is 1.43 bits per heavy atom. The summed E-state index contributed by atoms with van der Waals surface area (Å²) >= 11 is 0. The molecule has 5 heteroatoms. The maximum Gasteiger partial charge on any atom is 0.303 e. The largest absolute Gasteiger partial charge is 0.481 e. The number of hydrogen-bond acceptors (Lipinski definition) is 3. The fraction of sp³-hybridized carbons (Fsp3) is 0.889. The Bertz CT molecular complexity index is 307. The molecule has 0 amide bonds. The Labute approximate surface area is 84.2 Å². The third-order valence-corrected chi connectivity index (χ3v) is 4.44. The topological polar surface area (TPSA) is 71.4 Å². The van der Waals surface area contributed by atoms with E-state index in [1.165, 1.54) is 6.26 Å². The van der Waals surface area contributed by atoms with E-state index in [9.17, 15) is 13.2 Å². The lowest BCUT2D eigenvalue weighted by molar-refractivity contribution is -0.138. The maximum atomic E-state index is 11.3. The predicted octanol–water partition coefficient (Wildman–Crippen LogP) is 1.06. The number of carboxylic acid groups (broad SMARTS) is 1. The molecule has 0 unspecified atom stereocenters. The third-order valence-electron chi connectivity index (χ3n) is 2.80. The van der Waals surface area contributed by atoms with Crippen molar-refractivity contribution in [1.82, 2.24) is 0 Å². The zero-order valence-electron chi connectivity index (χ0n) is 8.27. The highest BCUT2D eigenvalue weighted by Crippen LogP contribution is 2.30. The molecule has 0 heterocycles. The Balaban J connectivity index is 2.56. The molecule has 0 aromatic rings. The van der Waals surface area contributed by atoms with E-state index in [1.54, 1.807) is 0 Å². The van der Waals surface area contributed by atoms with Crippen LogP contribution in [0.4, 0.5) is 0 Å². The Morgan fingerprint density at radius 2 is 2.07 bits per heavy atom. The number of carbonyl (C=O) groups is 1. The summed E-state index contributed by atoms with van der Waals surface area (Å²) in [6.45, 7) is 0. The summed E-state index contributed by atoms with van der Waals surface area (Å²) in [7, 11) is -2.99. The number of sulfone groups is 1. The summed E-state index contributed by atoms with van der Waals surface area (Å²) < 4.78 is 22.5. The highest BCUT2D eigenvalue weighted by Gasteiger charge is 2.29. The number of aliphatic carboxylic acids is 1. The van der Waals surface area contributed by atoms with Gasteiger partial charge in [-0.2, -0.15) is 0 Å². The van der Waals surface area contributed by atoms with Crippen LogP contribution in [-0.2, 0) is 14.6 Å². The molecule has 0 saturated heterocycles. The molecule has 0 aromatic heterocycles. The molecule has 82 valence electrons. The first-order valence-corrected chi connectivity index (χ1v) is 6.75. The lowest BCUT2D eigenvalue weighted by Gasteiger charge is -2.26. The third kappa shape index (κ3) is 3.29. The molecule has 2 atom stereocenters. The van der Waals surface area contributed by atoms with E-state index >= 15 is 0 Å². The summed E-state index contributed by atoms with van der Waals surface area (Å²) in [5.74, 6) is -0.787. The van der Waals surface area contributed by atoms with Gasteiger partial charge in [0.2, 0.25) is 0 Å². The second kappa shape index (κ2) is 4.29. The van der Waals surface area contributed by atoms with Gasteiger partial charge in [0, 0.05) is 12.7 Å². The summed E-state index contributed by atoms with van der Waals surface area (Å²) in [5.41, 5.74) is 0. The van der Waals surface area contributed by atoms with Crippen LogP contribution in [0.25, 0.3) is 0 Å². The molecule has 0 aromatic carbocycles. The molecule has 1 rings (SSSR count). The maximum absolute atomic E-state index is 11.3. The van der Waals surface area contributed by atoms with Gasteiger partial charge in [-0.1, -0.05) is 6.42 Å². The van der Waals surface area contributed by atoms with Gasteiger partial charge in [0.05, 0.1) is 5.25 Å². The Morgan fingerprint density at radius 3 is 2.57 bits per heavy atom. The molecule has 1 fully saturated rings. The van der Waals surface area contributed by atoms with Crippen molar-refractivity contribution in [3.8, 4) is 0 Å². The zero-order valence-corrected chi connectivity index (χ0v) is 9.09. The summed E-state index contributed by atoms with van der Waals surface area (Å²) in [4.78, 5) is 10.5. The van der Waals surface area contributed by atoms with Gasteiger partial charge in [-0.3, -0.25) is 4.79 Å². The number of hydrogen-bond donors (Lipinski definition) is 1. The van der Waals surface area contributed by atoms with Crippen LogP contribution in [0.1, 0.15) is 32.1 Å². The average Bonchev–Trinajstić information content (AvgIpc) is 2.01. The predicted molar refractivity (Wildman–Crippen MR) is 52.8 cm³/mol. The minimum atomic E-state index is -2.99. The van der Waals surface area contributed by atoms with Crippen LogP contribution < -0.4 is 0 Å². The molecule has 1 saturated carbocycles. The molecule has 1 aliphatic rings. The van der Waals surface area contributed by atoms with E-state index in [2.05, 4.69) is 0 Å². The first kappa shape index (κ1) is 11.5. The first-order chi connectivity index (χ1) is 6.39. The first-order valence-electron chi connectivity index (χ1n) is 4.80. The molecule has 14 heavy (non-hydrogen) atoms. The lowest BCUT2D eigenvalue weighted by Crippen LogP contribution is -2.28. The average molecular weight is 220 g/mol. The molecule has 0 aliphatic heterocycles. The SMILES string of the molecule is CS(=O)(=O)[C@H]1CCC[C@@H](CC(=O)O)C1. The molecule has 1 aliphatic carbocycles. The summed E-state index contributed by atoms with van der Waals surface area (Å²) in [5, 5.41) is 8.29. The van der Waals surface area contributed by atoms with Gasteiger partial charge in [-0.15, -0.1) is 0 Å². The number of carboxylic acids is 1. The van der Waals surface area contributed by atoms with Crippen LogP contribution in [0, 0.1) is 5.92 Å². The van der Waals surface area contributed by atoms with Crippen molar-refractivity contribution < 1.29 is 18.3 Å². The summed E-state index contributed by atoms with van der Waals surface area (Å²) in [6.07, 6.45) is 4.22. The van der Waals surface area contributed by atoms with Crippen molar-refractivity contribution in [2.75, 3.05) is 6.26 Å². The molecule has 0 radical (unpaired) electrons.